The van der Waals surface area contributed by atoms with Crippen molar-refractivity contribution in [1.82, 2.24) is 4.90 Å². The minimum absolute atomic E-state index is 0.283. The zero-order chi connectivity index (χ0) is 9.84. The summed E-state index contributed by atoms with van der Waals surface area (Å²) in [5.74, 6) is 0.283. The summed E-state index contributed by atoms with van der Waals surface area (Å²) in [6.45, 7) is 5.26. The minimum atomic E-state index is -0.404. The number of hydrogen-bond acceptors (Lipinski definition) is 3. The van der Waals surface area contributed by atoms with Crippen LogP contribution in [-0.2, 0) is 4.74 Å². The molecular formula is C9H17NO3. The Balaban J connectivity index is 2.40. The maximum Gasteiger partial charge on any atom is 0.409 e. The van der Waals surface area contributed by atoms with E-state index < -0.39 is 6.10 Å². The number of piperidine rings is 1. The van der Waals surface area contributed by atoms with Crippen molar-refractivity contribution in [2.75, 3.05) is 19.7 Å². The summed E-state index contributed by atoms with van der Waals surface area (Å²) in [7, 11) is 0. The maximum atomic E-state index is 11.2. The third-order valence-corrected chi connectivity index (χ3v) is 2.44. The lowest BCUT2D eigenvalue weighted by molar-refractivity contribution is 0.0224. The highest BCUT2D eigenvalue weighted by Crippen LogP contribution is 2.17. The lowest BCUT2D eigenvalue weighted by Gasteiger charge is -2.33. The molecule has 0 aromatic carbocycles. The second-order valence-electron chi connectivity index (χ2n) is 3.48. The van der Waals surface area contributed by atoms with E-state index >= 15 is 0 Å². The van der Waals surface area contributed by atoms with Gasteiger partial charge in [0.25, 0.3) is 0 Å². The average molecular weight is 187 g/mol. The van der Waals surface area contributed by atoms with Gasteiger partial charge in [-0.15, -0.1) is 0 Å². The number of carbonyl (C=O) groups excluding carboxylic acids is 1. The van der Waals surface area contributed by atoms with Crippen LogP contribution in [0, 0.1) is 5.92 Å². The number of likely N-dealkylation sites (tertiary alicyclic amines) is 1. The molecule has 0 aromatic heterocycles. The SMILES string of the molecule is CCOC(=O)N1CCC(C)C(O)C1. The van der Waals surface area contributed by atoms with Crippen molar-refractivity contribution in [3.8, 4) is 0 Å². The molecule has 1 heterocycles. The van der Waals surface area contributed by atoms with Crippen molar-refractivity contribution in [3.63, 3.8) is 0 Å². The second kappa shape index (κ2) is 4.46. The predicted octanol–water partition coefficient (Wildman–Crippen LogP) is 0.846. The lowest BCUT2D eigenvalue weighted by Crippen LogP contribution is -2.46. The van der Waals surface area contributed by atoms with Crippen LogP contribution >= 0.6 is 0 Å². The first-order valence-corrected chi connectivity index (χ1v) is 4.75. The van der Waals surface area contributed by atoms with Gasteiger partial charge >= 0.3 is 6.09 Å². The fourth-order valence-electron chi connectivity index (χ4n) is 1.43. The van der Waals surface area contributed by atoms with Crippen molar-refractivity contribution >= 4 is 6.09 Å². The molecule has 2 unspecified atom stereocenters. The smallest absolute Gasteiger partial charge is 0.409 e. The van der Waals surface area contributed by atoms with E-state index in [1.54, 1.807) is 11.8 Å². The quantitative estimate of drug-likeness (QED) is 0.662. The molecule has 13 heavy (non-hydrogen) atoms. The Labute approximate surface area is 78.5 Å². The van der Waals surface area contributed by atoms with Gasteiger partial charge in [0.05, 0.1) is 19.3 Å². The molecule has 4 nitrogen and oxygen atoms in total. The fraction of sp³-hybridized carbons (Fsp3) is 0.889. The molecule has 0 aromatic rings. The number of rotatable bonds is 1. The number of amides is 1. The van der Waals surface area contributed by atoms with Gasteiger partial charge in [-0.2, -0.15) is 0 Å². The molecule has 0 saturated carbocycles. The maximum absolute atomic E-state index is 11.2. The molecule has 0 spiro atoms. The third kappa shape index (κ3) is 2.59. The summed E-state index contributed by atoms with van der Waals surface area (Å²) < 4.78 is 4.84. The molecule has 1 N–H and O–H groups in total. The lowest BCUT2D eigenvalue weighted by atomic mass is 9.96. The van der Waals surface area contributed by atoms with Gasteiger partial charge in [-0.25, -0.2) is 4.79 Å². The van der Waals surface area contributed by atoms with Crippen LogP contribution in [0.2, 0.25) is 0 Å². The molecule has 1 saturated heterocycles. The highest BCUT2D eigenvalue weighted by Gasteiger charge is 2.27. The summed E-state index contributed by atoms with van der Waals surface area (Å²) in [5.41, 5.74) is 0. The van der Waals surface area contributed by atoms with Crippen LogP contribution in [0.3, 0.4) is 0 Å². The van der Waals surface area contributed by atoms with Gasteiger partial charge in [0.2, 0.25) is 0 Å². The molecular weight excluding hydrogens is 170 g/mol. The Bertz CT molecular complexity index is 184. The number of aliphatic hydroxyl groups is 1. The van der Waals surface area contributed by atoms with Gasteiger partial charge in [0.1, 0.15) is 0 Å². The first-order chi connectivity index (χ1) is 6.15. The van der Waals surface area contributed by atoms with Crippen LogP contribution in [0.15, 0.2) is 0 Å². The van der Waals surface area contributed by atoms with Gasteiger partial charge in [-0.3, -0.25) is 0 Å². The summed E-state index contributed by atoms with van der Waals surface area (Å²) >= 11 is 0. The number of hydrogen-bond donors (Lipinski definition) is 1. The van der Waals surface area contributed by atoms with Gasteiger partial charge in [-0.05, 0) is 19.3 Å². The first kappa shape index (κ1) is 10.3. The molecule has 1 aliphatic heterocycles. The number of aliphatic hydroxyl groups excluding tert-OH is 1. The Morgan fingerprint density at radius 1 is 1.69 bits per heavy atom. The van der Waals surface area contributed by atoms with Crippen molar-refractivity contribution in [2.24, 2.45) is 5.92 Å². The van der Waals surface area contributed by atoms with Crippen LogP contribution < -0.4 is 0 Å². The van der Waals surface area contributed by atoms with Crippen LogP contribution in [0.1, 0.15) is 20.3 Å². The number of ether oxygens (including phenoxy) is 1. The van der Waals surface area contributed by atoms with Crippen molar-refractivity contribution in [1.29, 1.82) is 0 Å². The van der Waals surface area contributed by atoms with Crippen LogP contribution in [-0.4, -0.2) is 41.9 Å². The summed E-state index contributed by atoms with van der Waals surface area (Å²) in [4.78, 5) is 12.8. The Morgan fingerprint density at radius 2 is 2.38 bits per heavy atom. The number of nitrogens with zero attached hydrogens (tertiary/aromatic N) is 1. The Kier molecular flexibility index (Phi) is 3.54. The van der Waals surface area contributed by atoms with E-state index in [2.05, 4.69) is 0 Å². The summed E-state index contributed by atoms with van der Waals surface area (Å²) in [6.07, 6.45) is 0.131. The van der Waals surface area contributed by atoms with Gasteiger partial charge in [0.15, 0.2) is 0 Å². The zero-order valence-corrected chi connectivity index (χ0v) is 8.19. The Morgan fingerprint density at radius 3 is 2.92 bits per heavy atom. The highest BCUT2D eigenvalue weighted by molar-refractivity contribution is 5.67. The van der Waals surface area contributed by atoms with E-state index in [-0.39, 0.29) is 12.0 Å². The molecule has 0 aliphatic carbocycles. The standard InChI is InChI=1S/C9H17NO3/c1-3-13-9(12)10-5-4-7(2)8(11)6-10/h7-8,11H,3-6H2,1-2H3. The number of carbonyl (C=O) groups is 1. The van der Waals surface area contributed by atoms with Crippen LogP contribution in [0.5, 0.6) is 0 Å². The molecule has 4 heteroatoms. The topological polar surface area (TPSA) is 49.8 Å². The average Bonchev–Trinajstić information content (AvgIpc) is 2.10. The molecule has 0 bridgehead atoms. The van der Waals surface area contributed by atoms with Crippen molar-refractivity contribution < 1.29 is 14.6 Å². The minimum Gasteiger partial charge on any atom is -0.450 e. The van der Waals surface area contributed by atoms with E-state index in [4.69, 9.17) is 4.74 Å². The molecule has 1 fully saturated rings. The molecule has 1 rings (SSSR count). The van der Waals surface area contributed by atoms with Crippen LogP contribution in [0.4, 0.5) is 4.79 Å². The zero-order valence-electron chi connectivity index (χ0n) is 8.19. The van der Waals surface area contributed by atoms with Crippen molar-refractivity contribution in [2.45, 2.75) is 26.4 Å². The summed E-state index contributed by atoms with van der Waals surface area (Å²) in [6, 6.07) is 0. The molecule has 0 radical (unpaired) electrons. The third-order valence-electron chi connectivity index (χ3n) is 2.44. The van der Waals surface area contributed by atoms with Gasteiger partial charge < -0.3 is 14.7 Å². The monoisotopic (exact) mass is 187 g/mol. The molecule has 2 atom stereocenters. The van der Waals surface area contributed by atoms with Gasteiger partial charge in [0, 0.05) is 6.54 Å². The van der Waals surface area contributed by atoms with Crippen LogP contribution in [0.25, 0.3) is 0 Å². The molecule has 1 aliphatic rings. The predicted molar refractivity (Wildman–Crippen MR) is 48.4 cm³/mol. The van der Waals surface area contributed by atoms with Gasteiger partial charge in [-0.1, -0.05) is 6.92 Å². The van der Waals surface area contributed by atoms with E-state index in [1.807, 2.05) is 6.92 Å². The normalized spacial score (nSPS) is 28.7. The fourth-order valence-corrected chi connectivity index (χ4v) is 1.43. The summed E-state index contributed by atoms with van der Waals surface area (Å²) in [5, 5.41) is 9.52. The Hall–Kier alpha value is -0.770. The van der Waals surface area contributed by atoms with Crippen molar-refractivity contribution in [3.05, 3.63) is 0 Å². The van der Waals surface area contributed by atoms with E-state index in [0.29, 0.717) is 19.7 Å². The largest absolute Gasteiger partial charge is 0.450 e. The van der Waals surface area contributed by atoms with E-state index in [9.17, 15) is 9.90 Å². The van der Waals surface area contributed by atoms with E-state index in [0.717, 1.165) is 6.42 Å². The molecule has 76 valence electrons. The second-order valence-corrected chi connectivity index (χ2v) is 3.48. The highest BCUT2D eigenvalue weighted by atomic mass is 16.6. The number of β-amino-alcohol motifs (C(OH)–C–C–N with tert-alkyl or cyclic N) is 1. The first-order valence-electron chi connectivity index (χ1n) is 4.75. The van der Waals surface area contributed by atoms with E-state index in [1.165, 1.54) is 0 Å². The molecule has 1 amide bonds.